The summed E-state index contributed by atoms with van der Waals surface area (Å²) in [6.45, 7) is 0.106. The first-order valence-electron chi connectivity index (χ1n) is 5.76. The molecular weight excluding hydrogens is 283 g/mol. The SMILES string of the molecule is NCc1ccc(S(=O)(=O)NCc2ccncn2)c(F)c1. The first-order chi connectivity index (χ1) is 9.53. The molecule has 0 saturated carbocycles. The zero-order valence-electron chi connectivity index (χ0n) is 10.5. The van der Waals surface area contributed by atoms with Gasteiger partial charge in [-0.25, -0.2) is 27.5 Å². The van der Waals surface area contributed by atoms with E-state index < -0.39 is 20.7 Å². The summed E-state index contributed by atoms with van der Waals surface area (Å²) in [5, 5.41) is 0. The predicted octanol–water partition coefficient (Wildman–Crippen LogP) is 0.553. The van der Waals surface area contributed by atoms with Crippen LogP contribution in [0.25, 0.3) is 0 Å². The second kappa shape index (κ2) is 6.04. The summed E-state index contributed by atoms with van der Waals surface area (Å²) in [7, 11) is -3.94. The molecule has 1 aromatic heterocycles. The smallest absolute Gasteiger partial charge is 0.243 e. The molecule has 0 unspecified atom stereocenters. The van der Waals surface area contributed by atoms with Crippen LogP contribution in [0.15, 0.2) is 41.7 Å². The van der Waals surface area contributed by atoms with E-state index in [-0.39, 0.29) is 13.1 Å². The number of sulfonamides is 1. The molecule has 6 nitrogen and oxygen atoms in total. The van der Waals surface area contributed by atoms with E-state index in [4.69, 9.17) is 5.73 Å². The van der Waals surface area contributed by atoms with E-state index in [0.29, 0.717) is 11.3 Å². The van der Waals surface area contributed by atoms with Crippen molar-refractivity contribution in [2.45, 2.75) is 18.0 Å². The Labute approximate surface area is 115 Å². The number of aromatic nitrogens is 2. The molecule has 0 atom stereocenters. The van der Waals surface area contributed by atoms with Crippen LogP contribution in [0.4, 0.5) is 4.39 Å². The van der Waals surface area contributed by atoms with Crippen LogP contribution in [0.2, 0.25) is 0 Å². The van der Waals surface area contributed by atoms with Crippen LogP contribution in [0.3, 0.4) is 0 Å². The Balaban J connectivity index is 2.18. The molecule has 0 aliphatic heterocycles. The van der Waals surface area contributed by atoms with Gasteiger partial charge in [-0.3, -0.25) is 0 Å². The van der Waals surface area contributed by atoms with Crippen molar-refractivity contribution in [1.82, 2.24) is 14.7 Å². The third-order valence-corrected chi connectivity index (χ3v) is 4.04. The molecule has 0 bridgehead atoms. The number of halogens is 1. The van der Waals surface area contributed by atoms with Gasteiger partial charge >= 0.3 is 0 Å². The van der Waals surface area contributed by atoms with Crippen LogP contribution in [0.1, 0.15) is 11.3 Å². The van der Waals surface area contributed by atoms with Gasteiger partial charge < -0.3 is 5.73 Å². The van der Waals surface area contributed by atoms with Gasteiger partial charge in [0.25, 0.3) is 0 Å². The maximum Gasteiger partial charge on any atom is 0.243 e. The van der Waals surface area contributed by atoms with Crippen molar-refractivity contribution in [3.63, 3.8) is 0 Å². The van der Waals surface area contributed by atoms with Crippen molar-refractivity contribution in [3.05, 3.63) is 53.9 Å². The summed E-state index contributed by atoms with van der Waals surface area (Å²) in [6.07, 6.45) is 2.80. The molecule has 8 heteroatoms. The summed E-state index contributed by atoms with van der Waals surface area (Å²) in [5.41, 5.74) is 6.38. The van der Waals surface area contributed by atoms with E-state index in [1.165, 1.54) is 24.7 Å². The molecule has 2 rings (SSSR count). The zero-order chi connectivity index (χ0) is 14.6. The monoisotopic (exact) mass is 296 g/mol. The Morgan fingerprint density at radius 3 is 2.70 bits per heavy atom. The van der Waals surface area contributed by atoms with Crippen LogP contribution in [0, 0.1) is 5.82 Å². The first kappa shape index (κ1) is 14.5. The number of benzene rings is 1. The van der Waals surface area contributed by atoms with Gasteiger partial charge in [-0.2, -0.15) is 0 Å². The van der Waals surface area contributed by atoms with Crippen molar-refractivity contribution in [3.8, 4) is 0 Å². The van der Waals surface area contributed by atoms with Gasteiger partial charge in [0.05, 0.1) is 12.2 Å². The molecule has 0 amide bonds. The van der Waals surface area contributed by atoms with Crippen LogP contribution < -0.4 is 10.5 Å². The van der Waals surface area contributed by atoms with Gasteiger partial charge in [-0.05, 0) is 23.8 Å². The number of nitrogens with one attached hydrogen (secondary N) is 1. The van der Waals surface area contributed by atoms with E-state index in [9.17, 15) is 12.8 Å². The Kier molecular flexibility index (Phi) is 4.38. The Bertz CT molecular complexity index is 692. The maximum absolute atomic E-state index is 13.8. The summed E-state index contributed by atoms with van der Waals surface area (Å²) in [5.74, 6) is -0.830. The van der Waals surface area contributed by atoms with E-state index >= 15 is 0 Å². The average molecular weight is 296 g/mol. The molecule has 0 saturated heterocycles. The number of hydrogen-bond donors (Lipinski definition) is 2. The minimum absolute atomic E-state index is 0.0388. The third-order valence-electron chi connectivity index (χ3n) is 2.61. The summed E-state index contributed by atoms with van der Waals surface area (Å²) < 4.78 is 40.0. The topological polar surface area (TPSA) is 98.0 Å². The van der Waals surface area contributed by atoms with Gasteiger partial charge in [0.15, 0.2) is 0 Å². The van der Waals surface area contributed by atoms with Crippen molar-refractivity contribution in [1.29, 1.82) is 0 Å². The molecule has 0 fully saturated rings. The lowest BCUT2D eigenvalue weighted by molar-refractivity contribution is 0.555. The number of nitrogens with two attached hydrogens (primary N) is 1. The largest absolute Gasteiger partial charge is 0.326 e. The summed E-state index contributed by atoms with van der Waals surface area (Å²) in [4.78, 5) is 7.18. The highest BCUT2D eigenvalue weighted by Crippen LogP contribution is 2.16. The molecule has 2 aromatic rings. The molecule has 0 radical (unpaired) electrons. The molecule has 0 aliphatic rings. The highest BCUT2D eigenvalue weighted by Gasteiger charge is 2.19. The maximum atomic E-state index is 13.8. The van der Waals surface area contributed by atoms with E-state index in [1.54, 1.807) is 6.07 Å². The summed E-state index contributed by atoms with van der Waals surface area (Å²) >= 11 is 0. The second-order valence-corrected chi connectivity index (χ2v) is 5.73. The molecule has 0 spiro atoms. The lowest BCUT2D eigenvalue weighted by Gasteiger charge is -2.08. The van der Waals surface area contributed by atoms with Crippen molar-refractivity contribution in [2.75, 3.05) is 0 Å². The zero-order valence-corrected chi connectivity index (χ0v) is 11.3. The van der Waals surface area contributed by atoms with Gasteiger partial charge in [0.2, 0.25) is 10.0 Å². The van der Waals surface area contributed by atoms with Crippen molar-refractivity contribution in [2.24, 2.45) is 5.73 Å². The number of nitrogens with zero attached hydrogens (tertiary/aromatic N) is 2. The molecule has 1 heterocycles. The average Bonchev–Trinajstić information content (AvgIpc) is 2.46. The molecular formula is C12H13FN4O2S. The van der Waals surface area contributed by atoms with Crippen LogP contribution >= 0.6 is 0 Å². The minimum Gasteiger partial charge on any atom is -0.326 e. The minimum atomic E-state index is -3.94. The van der Waals surface area contributed by atoms with Gasteiger partial charge in [-0.15, -0.1) is 0 Å². The van der Waals surface area contributed by atoms with E-state index in [0.717, 1.165) is 6.07 Å². The quantitative estimate of drug-likeness (QED) is 0.839. The molecule has 3 N–H and O–H groups in total. The normalized spacial score (nSPS) is 11.5. The van der Waals surface area contributed by atoms with Crippen molar-refractivity contribution < 1.29 is 12.8 Å². The molecule has 0 aliphatic carbocycles. The first-order valence-corrected chi connectivity index (χ1v) is 7.24. The Morgan fingerprint density at radius 1 is 1.30 bits per heavy atom. The van der Waals surface area contributed by atoms with Crippen molar-refractivity contribution >= 4 is 10.0 Å². The predicted molar refractivity (Wildman–Crippen MR) is 70.3 cm³/mol. The second-order valence-electron chi connectivity index (χ2n) is 3.99. The van der Waals surface area contributed by atoms with Gasteiger partial charge in [0.1, 0.15) is 17.0 Å². The van der Waals surface area contributed by atoms with E-state index in [2.05, 4.69) is 14.7 Å². The Morgan fingerprint density at radius 2 is 2.10 bits per heavy atom. The highest BCUT2D eigenvalue weighted by molar-refractivity contribution is 7.89. The van der Waals surface area contributed by atoms with Crippen LogP contribution in [-0.2, 0) is 23.1 Å². The molecule has 1 aromatic carbocycles. The van der Waals surface area contributed by atoms with Gasteiger partial charge in [-0.1, -0.05) is 6.07 Å². The fourth-order valence-corrected chi connectivity index (χ4v) is 2.61. The lowest BCUT2D eigenvalue weighted by atomic mass is 10.2. The summed E-state index contributed by atoms with van der Waals surface area (Å²) in [6, 6.07) is 5.35. The number of rotatable bonds is 5. The van der Waals surface area contributed by atoms with Crippen LogP contribution in [-0.4, -0.2) is 18.4 Å². The Hall–Kier alpha value is -1.90. The highest BCUT2D eigenvalue weighted by atomic mass is 32.2. The molecule has 106 valence electrons. The standard InChI is InChI=1S/C12H13FN4O2S/c13-11-5-9(6-14)1-2-12(11)20(18,19)17-7-10-3-4-15-8-16-10/h1-5,8,17H,6-7,14H2. The third kappa shape index (κ3) is 3.35. The van der Waals surface area contributed by atoms with E-state index in [1.807, 2.05) is 0 Å². The lowest BCUT2D eigenvalue weighted by Crippen LogP contribution is -2.24. The van der Waals surface area contributed by atoms with Gasteiger partial charge in [0, 0.05) is 12.7 Å². The number of hydrogen-bond acceptors (Lipinski definition) is 5. The molecule has 20 heavy (non-hydrogen) atoms. The van der Waals surface area contributed by atoms with Crippen LogP contribution in [0.5, 0.6) is 0 Å². The fraction of sp³-hybridized carbons (Fsp3) is 0.167. The fourth-order valence-electron chi connectivity index (χ4n) is 1.56.